The molecule has 174 valence electrons. The second kappa shape index (κ2) is 9.32. The average Bonchev–Trinajstić information content (AvgIpc) is 3.38. The van der Waals surface area contributed by atoms with Crippen LogP contribution in [0.15, 0.2) is 76.5 Å². The molecular weight excluding hydrogens is 454 g/mol. The number of carbonyl (C=O) groups is 1. The van der Waals surface area contributed by atoms with E-state index in [1.54, 1.807) is 42.9 Å². The van der Waals surface area contributed by atoms with Gasteiger partial charge in [-0.25, -0.2) is 8.42 Å². The van der Waals surface area contributed by atoms with Gasteiger partial charge in [0.1, 0.15) is 4.90 Å². The summed E-state index contributed by atoms with van der Waals surface area (Å²) in [4.78, 5) is 21.1. The molecule has 1 aliphatic heterocycles. The van der Waals surface area contributed by atoms with E-state index in [9.17, 15) is 13.2 Å². The van der Waals surface area contributed by atoms with Crippen molar-refractivity contribution in [3.05, 3.63) is 84.1 Å². The van der Waals surface area contributed by atoms with Crippen LogP contribution in [0.5, 0.6) is 0 Å². The van der Waals surface area contributed by atoms with E-state index in [0.717, 1.165) is 23.8 Å². The first-order chi connectivity index (χ1) is 16.5. The summed E-state index contributed by atoms with van der Waals surface area (Å²) >= 11 is 0. The molecule has 34 heavy (non-hydrogen) atoms. The molecule has 0 spiro atoms. The van der Waals surface area contributed by atoms with E-state index < -0.39 is 22.0 Å². The van der Waals surface area contributed by atoms with E-state index in [1.165, 1.54) is 10.4 Å². The fourth-order valence-corrected chi connectivity index (χ4v) is 6.05. The summed E-state index contributed by atoms with van der Waals surface area (Å²) in [5.74, 6) is -0.0506. The highest BCUT2D eigenvalue weighted by molar-refractivity contribution is 7.89. The van der Waals surface area contributed by atoms with Crippen LogP contribution in [0.1, 0.15) is 47.1 Å². The van der Waals surface area contributed by atoms with Crippen LogP contribution in [0.25, 0.3) is 10.9 Å². The Morgan fingerprint density at radius 3 is 2.82 bits per heavy atom. The fraction of sp³-hybridized carbons (Fsp3) is 0.250. The molecular formula is C24H23N5O4S. The van der Waals surface area contributed by atoms with Crippen LogP contribution in [0.3, 0.4) is 0 Å². The van der Waals surface area contributed by atoms with Crippen LogP contribution in [-0.2, 0) is 16.6 Å². The Hall–Kier alpha value is -3.63. The highest BCUT2D eigenvalue weighted by Crippen LogP contribution is 2.37. The van der Waals surface area contributed by atoms with Gasteiger partial charge in [-0.2, -0.15) is 4.31 Å². The van der Waals surface area contributed by atoms with Gasteiger partial charge >= 0.3 is 0 Å². The molecule has 0 aliphatic carbocycles. The summed E-state index contributed by atoms with van der Waals surface area (Å²) in [7, 11) is -3.87. The number of carbonyl (C=O) groups excluding carboxylic acids is 1. The lowest BCUT2D eigenvalue weighted by Gasteiger charge is -2.33. The molecule has 0 bridgehead atoms. The summed E-state index contributed by atoms with van der Waals surface area (Å²) in [6.07, 6.45) is 7.06. The van der Waals surface area contributed by atoms with Crippen LogP contribution in [-0.4, -0.2) is 40.3 Å². The predicted molar refractivity (Wildman–Crippen MR) is 124 cm³/mol. The number of piperidine rings is 1. The minimum absolute atomic E-state index is 0.105. The third-order valence-corrected chi connectivity index (χ3v) is 7.84. The monoisotopic (exact) mass is 477 g/mol. The number of nitrogens with zero attached hydrogens (tertiary/aromatic N) is 4. The number of pyridine rings is 2. The van der Waals surface area contributed by atoms with Crippen molar-refractivity contribution in [3.63, 3.8) is 0 Å². The first-order valence-electron chi connectivity index (χ1n) is 11.0. The maximum absolute atomic E-state index is 13.7. The molecule has 1 saturated heterocycles. The van der Waals surface area contributed by atoms with Gasteiger partial charge in [0.05, 0.1) is 11.6 Å². The molecule has 9 nitrogen and oxygen atoms in total. The summed E-state index contributed by atoms with van der Waals surface area (Å²) in [5, 5.41) is 7.44. The molecule has 0 radical (unpaired) electrons. The third-order valence-electron chi connectivity index (χ3n) is 5.90. The first kappa shape index (κ1) is 22.2. The molecule has 1 fully saturated rings. The zero-order valence-electron chi connectivity index (χ0n) is 18.3. The number of hydrogen-bond donors (Lipinski definition) is 1. The molecule has 3 aromatic heterocycles. The summed E-state index contributed by atoms with van der Waals surface area (Å²) in [6, 6.07) is 13.4. The van der Waals surface area contributed by atoms with Gasteiger partial charge < -0.3 is 9.84 Å². The van der Waals surface area contributed by atoms with Gasteiger partial charge in [0, 0.05) is 43.1 Å². The molecule has 1 N–H and O–H groups in total. The number of fused-ring (bicyclic) bond motifs is 1. The smallest absolute Gasteiger partial charge is 0.273 e. The van der Waals surface area contributed by atoms with Crippen molar-refractivity contribution in [2.75, 3.05) is 6.54 Å². The highest BCUT2D eigenvalue weighted by Gasteiger charge is 2.38. The van der Waals surface area contributed by atoms with Crippen molar-refractivity contribution >= 4 is 26.8 Å². The predicted octanol–water partition coefficient (Wildman–Crippen LogP) is 3.46. The molecule has 1 aromatic carbocycles. The number of rotatable bonds is 6. The zero-order chi connectivity index (χ0) is 23.5. The number of aromatic nitrogens is 3. The van der Waals surface area contributed by atoms with E-state index in [-0.39, 0.29) is 10.6 Å². The minimum atomic E-state index is -3.87. The maximum atomic E-state index is 13.7. The Kier molecular flexibility index (Phi) is 6.08. The quantitative estimate of drug-likeness (QED) is 0.452. The van der Waals surface area contributed by atoms with Gasteiger partial charge in [0.15, 0.2) is 11.5 Å². The van der Waals surface area contributed by atoms with Gasteiger partial charge in [-0.1, -0.05) is 35.8 Å². The SMILES string of the molecule is O=C(NCc1cccnc1)c1cc(C2CCCCN2S(=O)(=O)c2cccc3cccnc23)on1. The third kappa shape index (κ3) is 4.29. The van der Waals surface area contributed by atoms with Crippen molar-refractivity contribution < 1.29 is 17.7 Å². The first-order valence-corrected chi connectivity index (χ1v) is 12.5. The highest BCUT2D eigenvalue weighted by atomic mass is 32.2. The van der Waals surface area contributed by atoms with Crippen molar-refractivity contribution in [1.29, 1.82) is 0 Å². The molecule has 10 heteroatoms. The lowest BCUT2D eigenvalue weighted by Crippen LogP contribution is -2.38. The molecule has 1 aliphatic rings. The standard InChI is InChI=1S/C24H23N5O4S/c30-24(27-16-17-6-4-11-25-15-17)19-14-21(33-28-19)20-9-1-2-13-29(20)34(31,32)22-10-3-7-18-8-5-12-26-23(18)22/h3-8,10-12,14-15,20H,1-2,9,13,16H2,(H,27,30). The zero-order valence-corrected chi connectivity index (χ0v) is 19.1. The number of amides is 1. The van der Waals surface area contributed by atoms with Gasteiger partial charge in [-0.15, -0.1) is 0 Å². The molecule has 4 heterocycles. The van der Waals surface area contributed by atoms with Gasteiger partial charge in [0.25, 0.3) is 5.91 Å². The van der Waals surface area contributed by atoms with E-state index >= 15 is 0 Å². The number of nitrogens with one attached hydrogen (secondary N) is 1. The number of hydrogen-bond acceptors (Lipinski definition) is 7. The van der Waals surface area contributed by atoms with Gasteiger partial charge in [-0.05, 0) is 36.6 Å². The second-order valence-electron chi connectivity index (χ2n) is 8.12. The average molecular weight is 478 g/mol. The molecule has 1 unspecified atom stereocenters. The maximum Gasteiger partial charge on any atom is 0.273 e. The lowest BCUT2D eigenvalue weighted by molar-refractivity contribution is 0.0941. The lowest BCUT2D eigenvalue weighted by atomic mass is 10.0. The van der Waals surface area contributed by atoms with E-state index in [1.807, 2.05) is 18.2 Å². The van der Waals surface area contributed by atoms with Crippen LogP contribution < -0.4 is 5.32 Å². The number of para-hydroxylation sites is 1. The molecule has 0 saturated carbocycles. The van der Waals surface area contributed by atoms with Crippen LogP contribution in [0, 0.1) is 0 Å². The van der Waals surface area contributed by atoms with E-state index in [0.29, 0.717) is 30.8 Å². The Morgan fingerprint density at radius 2 is 1.97 bits per heavy atom. The van der Waals surface area contributed by atoms with Crippen molar-refractivity contribution in [1.82, 2.24) is 24.7 Å². The molecule has 4 aromatic rings. The van der Waals surface area contributed by atoms with Crippen molar-refractivity contribution in [2.45, 2.75) is 36.7 Å². The van der Waals surface area contributed by atoms with Crippen molar-refractivity contribution in [3.8, 4) is 0 Å². The Labute approximate surface area is 196 Å². The Balaban J connectivity index is 1.40. The molecule has 5 rings (SSSR count). The molecule has 1 amide bonds. The molecule has 1 atom stereocenters. The Bertz CT molecular complexity index is 1420. The van der Waals surface area contributed by atoms with Crippen LogP contribution in [0.2, 0.25) is 0 Å². The van der Waals surface area contributed by atoms with E-state index in [2.05, 4.69) is 20.4 Å². The van der Waals surface area contributed by atoms with Crippen LogP contribution >= 0.6 is 0 Å². The topological polar surface area (TPSA) is 118 Å². The van der Waals surface area contributed by atoms with Gasteiger partial charge in [0.2, 0.25) is 10.0 Å². The second-order valence-corrected chi connectivity index (χ2v) is 9.98. The fourth-order valence-electron chi connectivity index (χ4n) is 4.22. The summed E-state index contributed by atoms with van der Waals surface area (Å²) in [6.45, 7) is 0.645. The van der Waals surface area contributed by atoms with Crippen molar-refractivity contribution in [2.24, 2.45) is 0 Å². The van der Waals surface area contributed by atoms with E-state index in [4.69, 9.17) is 4.52 Å². The van der Waals surface area contributed by atoms with Gasteiger partial charge in [-0.3, -0.25) is 14.8 Å². The summed E-state index contributed by atoms with van der Waals surface area (Å²) < 4.78 is 34.4. The Morgan fingerprint density at radius 1 is 1.12 bits per heavy atom. The number of benzene rings is 1. The number of sulfonamides is 1. The largest absolute Gasteiger partial charge is 0.359 e. The normalized spacial score (nSPS) is 17.0. The summed E-state index contributed by atoms with van der Waals surface area (Å²) in [5.41, 5.74) is 1.39. The minimum Gasteiger partial charge on any atom is -0.359 e. The van der Waals surface area contributed by atoms with Crippen LogP contribution in [0.4, 0.5) is 0 Å².